The smallest absolute Gasteiger partial charge is 0.230 e. The first-order chi connectivity index (χ1) is 17.0. The Hall–Kier alpha value is -3.92. The van der Waals surface area contributed by atoms with Gasteiger partial charge in [0.25, 0.3) is 0 Å². The number of carbonyl (C=O) groups excluding carboxylic acids is 1. The molecule has 0 radical (unpaired) electrons. The number of hydrogen-bond acceptors (Lipinski definition) is 7. The standard InChI is InChI=1S/C25H25FN4O5/c1-15-11-16-18(29-15)3-4-20(24(16)26)35-25-17-12-21(32-2)22(13-19(17)27-14-28-25)34-8-5-23(31)30-6-9-33-10-7-30/h3-4,11-14,29H,5-10H2,1-2H3. The summed E-state index contributed by atoms with van der Waals surface area (Å²) >= 11 is 0. The van der Waals surface area contributed by atoms with Crippen LogP contribution in [0.25, 0.3) is 21.8 Å². The Morgan fingerprint density at radius 1 is 1.11 bits per heavy atom. The molecule has 10 heteroatoms. The summed E-state index contributed by atoms with van der Waals surface area (Å²) in [6, 6.07) is 8.42. The van der Waals surface area contributed by atoms with Crippen LogP contribution in [0.2, 0.25) is 0 Å². The lowest BCUT2D eigenvalue weighted by atomic mass is 10.2. The fourth-order valence-electron chi connectivity index (χ4n) is 4.08. The molecule has 2 aromatic heterocycles. The number of halogens is 1. The van der Waals surface area contributed by atoms with Crippen LogP contribution in [-0.2, 0) is 9.53 Å². The van der Waals surface area contributed by atoms with Crippen molar-refractivity contribution < 1.29 is 28.1 Å². The minimum atomic E-state index is -0.476. The van der Waals surface area contributed by atoms with Gasteiger partial charge in [0.05, 0.1) is 44.3 Å². The average molecular weight is 480 g/mol. The highest BCUT2D eigenvalue weighted by molar-refractivity contribution is 5.87. The molecule has 0 unspecified atom stereocenters. The minimum Gasteiger partial charge on any atom is -0.493 e. The predicted molar refractivity (Wildman–Crippen MR) is 127 cm³/mol. The number of fused-ring (bicyclic) bond motifs is 2. The van der Waals surface area contributed by atoms with E-state index in [-0.39, 0.29) is 30.6 Å². The van der Waals surface area contributed by atoms with Crippen LogP contribution in [0.1, 0.15) is 12.1 Å². The molecule has 1 aliphatic heterocycles. The summed E-state index contributed by atoms with van der Waals surface area (Å²) < 4.78 is 37.5. The molecule has 1 fully saturated rings. The number of H-pyrrole nitrogens is 1. The molecule has 1 saturated heterocycles. The van der Waals surface area contributed by atoms with Gasteiger partial charge in [-0.15, -0.1) is 0 Å². The second kappa shape index (κ2) is 9.75. The molecule has 182 valence electrons. The summed E-state index contributed by atoms with van der Waals surface area (Å²) in [7, 11) is 1.51. The lowest BCUT2D eigenvalue weighted by Gasteiger charge is -2.26. The van der Waals surface area contributed by atoms with Gasteiger partial charge in [0.1, 0.15) is 6.33 Å². The number of benzene rings is 2. The number of amides is 1. The van der Waals surface area contributed by atoms with Gasteiger partial charge in [-0.3, -0.25) is 4.79 Å². The first-order valence-corrected chi connectivity index (χ1v) is 11.3. The quantitative estimate of drug-likeness (QED) is 0.427. The largest absolute Gasteiger partial charge is 0.493 e. The van der Waals surface area contributed by atoms with E-state index in [0.717, 1.165) is 5.69 Å². The number of aromatic amines is 1. The molecular weight excluding hydrogens is 455 g/mol. The van der Waals surface area contributed by atoms with Crippen molar-refractivity contribution in [2.75, 3.05) is 40.0 Å². The van der Waals surface area contributed by atoms with Crippen LogP contribution in [0.4, 0.5) is 4.39 Å². The van der Waals surface area contributed by atoms with E-state index in [9.17, 15) is 4.79 Å². The molecule has 5 rings (SSSR count). The van der Waals surface area contributed by atoms with E-state index in [1.807, 2.05) is 6.92 Å². The van der Waals surface area contributed by atoms with Crippen molar-refractivity contribution in [1.82, 2.24) is 19.9 Å². The number of hydrogen-bond donors (Lipinski definition) is 1. The van der Waals surface area contributed by atoms with Crippen molar-refractivity contribution in [3.8, 4) is 23.1 Å². The second-order valence-corrected chi connectivity index (χ2v) is 8.18. The highest BCUT2D eigenvalue weighted by Gasteiger charge is 2.19. The number of methoxy groups -OCH3 is 1. The van der Waals surface area contributed by atoms with Gasteiger partial charge in [0, 0.05) is 35.8 Å². The Balaban J connectivity index is 1.36. The van der Waals surface area contributed by atoms with E-state index in [4.69, 9.17) is 18.9 Å². The number of aryl methyl sites for hydroxylation is 1. The maximum Gasteiger partial charge on any atom is 0.230 e. The molecule has 0 atom stereocenters. The van der Waals surface area contributed by atoms with Gasteiger partial charge in [0.15, 0.2) is 23.1 Å². The third-order valence-corrected chi connectivity index (χ3v) is 5.87. The molecule has 0 bridgehead atoms. The Morgan fingerprint density at radius 3 is 2.74 bits per heavy atom. The normalized spacial score (nSPS) is 13.9. The van der Waals surface area contributed by atoms with Gasteiger partial charge in [-0.1, -0.05) is 0 Å². The lowest BCUT2D eigenvalue weighted by molar-refractivity contribution is -0.135. The minimum absolute atomic E-state index is 0.0164. The first-order valence-electron chi connectivity index (χ1n) is 11.3. The predicted octanol–water partition coefficient (Wildman–Crippen LogP) is 3.99. The van der Waals surface area contributed by atoms with Crippen LogP contribution in [0.3, 0.4) is 0 Å². The average Bonchev–Trinajstić information content (AvgIpc) is 3.27. The molecule has 3 heterocycles. The number of morpholine rings is 1. The Bertz CT molecular complexity index is 1380. The molecule has 1 amide bonds. The van der Waals surface area contributed by atoms with E-state index in [1.54, 1.807) is 35.2 Å². The monoisotopic (exact) mass is 480 g/mol. The fourth-order valence-corrected chi connectivity index (χ4v) is 4.08. The first kappa shape index (κ1) is 22.9. The SMILES string of the molecule is COc1cc2c(Oc3ccc4[nH]c(C)cc4c3F)ncnc2cc1OCCC(=O)N1CCOCC1. The number of carbonyl (C=O) groups is 1. The number of ether oxygens (including phenoxy) is 4. The number of nitrogens with one attached hydrogen (secondary N) is 1. The van der Waals surface area contributed by atoms with Crippen molar-refractivity contribution in [2.45, 2.75) is 13.3 Å². The zero-order valence-corrected chi connectivity index (χ0v) is 19.5. The molecule has 1 aliphatic rings. The van der Waals surface area contributed by atoms with Crippen molar-refractivity contribution in [2.24, 2.45) is 0 Å². The van der Waals surface area contributed by atoms with Crippen LogP contribution < -0.4 is 14.2 Å². The maximum absolute atomic E-state index is 15.0. The Labute approximate surface area is 200 Å². The summed E-state index contributed by atoms with van der Waals surface area (Å²) in [5.41, 5.74) is 2.08. The van der Waals surface area contributed by atoms with E-state index in [1.165, 1.54) is 13.4 Å². The van der Waals surface area contributed by atoms with Gasteiger partial charge in [0.2, 0.25) is 11.8 Å². The van der Waals surface area contributed by atoms with Crippen LogP contribution in [0.5, 0.6) is 23.1 Å². The van der Waals surface area contributed by atoms with Crippen molar-refractivity contribution in [3.63, 3.8) is 0 Å². The van der Waals surface area contributed by atoms with Gasteiger partial charge in [-0.05, 0) is 31.2 Å². The highest BCUT2D eigenvalue weighted by atomic mass is 19.1. The summed E-state index contributed by atoms with van der Waals surface area (Å²) in [6.45, 7) is 4.34. The Morgan fingerprint density at radius 2 is 1.94 bits per heavy atom. The summed E-state index contributed by atoms with van der Waals surface area (Å²) in [5, 5.41) is 0.976. The number of aromatic nitrogens is 3. The van der Waals surface area contributed by atoms with Crippen LogP contribution in [0.15, 0.2) is 36.7 Å². The zero-order valence-electron chi connectivity index (χ0n) is 19.5. The van der Waals surface area contributed by atoms with Gasteiger partial charge >= 0.3 is 0 Å². The summed E-state index contributed by atoms with van der Waals surface area (Å²) in [4.78, 5) is 25.7. The third kappa shape index (κ3) is 4.69. The molecule has 0 aliphatic carbocycles. The fraction of sp³-hybridized carbons (Fsp3) is 0.320. The van der Waals surface area contributed by atoms with Gasteiger partial charge < -0.3 is 28.8 Å². The van der Waals surface area contributed by atoms with E-state index in [0.29, 0.717) is 59.6 Å². The van der Waals surface area contributed by atoms with E-state index in [2.05, 4.69) is 15.0 Å². The maximum atomic E-state index is 15.0. The van der Waals surface area contributed by atoms with Gasteiger partial charge in [-0.25, -0.2) is 14.4 Å². The summed E-state index contributed by atoms with van der Waals surface area (Å²) in [6.07, 6.45) is 1.58. The topological polar surface area (TPSA) is 98.8 Å². The van der Waals surface area contributed by atoms with E-state index >= 15 is 4.39 Å². The second-order valence-electron chi connectivity index (χ2n) is 8.18. The number of rotatable bonds is 7. The molecule has 2 aromatic carbocycles. The molecule has 35 heavy (non-hydrogen) atoms. The van der Waals surface area contributed by atoms with Crippen LogP contribution in [-0.4, -0.2) is 65.8 Å². The van der Waals surface area contributed by atoms with Crippen molar-refractivity contribution in [3.05, 3.63) is 48.2 Å². The highest BCUT2D eigenvalue weighted by Crippen LogP contribution is 2.37. The van der Waals surface area contributed by atoms with Crippen LogP contribution >= 0.6 is 0 Å². The molecule has 1 N–H and O–H groups in total. The van der Waals surface area contributed by atoms with Crippen molar-refractivity contribution in [1.29, 1.82) is 0 Å². The van der Waals surface area contributed by atoms with Crippen molar-refractivity contribution >= 4 is 27.7 Å². The number of nitrogens with zero attached hydrogens (tertiary/aromatic N) is 3. The van der Waals surface area contributed by atoms with Crippen LogP contribution in [0, 0.1) is 12.7 Å². The van der Waals surface area contributed by atoms with Gasteiger partial charge in [-0.2, -0.15) is 0 Å². The summed E-state index contributed by atoms with van der Waals surface area (Å²) in [5.74, 6) is 0.645. The molecule has 0 spiro atoms. The zero-order chi connectivity index (χ0) is 24.4. The Kier molecular flexibility index (Phi) is 6.37. The molecule has 4 aromatic rings. The third-order valence-electron chi connectivity index (χ3n) is 5.87. The lowest BCUT2D eigenvalue weighted by Crippen LogP contribution is -2.41. The molecule has 0 saturated carbocycles. The molecule has 9 nitrogen and oxygen atoms in total. The van der Waals surface area contributed by atoms with E-state index < -0.39 is 5.82 Å². The molecular formula is C25H25FN4O5.